The summed E-state index contributed by atoms with van der Waals surface area (Å²) >= 11 is -3.30. The Morgan fingerprint density at radius 1 is 0.839 bits per heavy atom. The molecule has 0 heterocycles. The number of aryl methyl sites for hydroxylation is 1. The van der Waals surface area contributed by atoms with Gasteiger partial charge in [-0.1, -0.05) is 0 Å². The summed E-state index contributed by atoms with van der Waals surface area (Å²) in [7, 11) is 0. The standard InChI is InChI=1S/C16H13.C9H13.2CH3.2ClH.H2Si.Zr/c1-12-5-4-7-14(11-12)16-10-9-13-6-2-3-8-15(13)16;1-6-5-7(2)9(4)8(6)3;;;;;;/h2-11H,1H3;6H,1-4H3;2*1H3;2*1H;1H2;. The Morgan fingerprint density at radius 2 is 1.48 bits per heavy atom. The topological polar surface area (TPSA) is 0 Å². The van der Waals surface area contributed by atoms with Crippen LogP contribution in [0.5, 0.6) is 0 Å². The Hall–Kier alpha value is -0.660. The fourth-order valence-corrected chi connectivity index (χ4v) is 24.6. The molecule has 0 aliphatic heterocycles. The summed E-state index contributed by atoms with van der Waals surface area (Å²) < 4.78 is 7.77. The molecule has 4 heteroatoms. The van der Waals surface area contributed by atoms with Crippen LogP contribution in [0.15, 0.2) is 74.6 Å². The smallest absolute Gasteiger partial charge is 0.147 e. The van der Waals surface area contributed by atoms with Crippen LogP contribution in [0.4, 0.5) is 0 Å². The molecule has 166 valence electrons. The third kappa shape index (κ3) is 4.19. The van der Waals surface area contributed by atoms with E-state index in [9.17, 15) is 0 Å². The number of halogens is 2. The fraction of sp³-hybridized carbons (Fsp3) is 0.333. The minimum absolute atomic E-state index is 0. The summed E-state index contributed by atoms with van der Waals surface area (Å²) in [4.78, 5) is 0. The molecule has 0 fully saturated rings. The second-order valence-electron chi connectivity index (χ2n) is 10.4. The van der Waals surface area contributed by atoms with Crippen LogP contribution in [-0.4, -0.2) is 6.88 Å². The van der Waals surface area contributed by atoms with Gasteiger partial charge in [0.25, 0.3) is 0 Å². The molecule has 0 saturated heterocycles. The minimum atomic E-state index is -3.30. The zero-order valence-corrected chi connectivity index (χ0v) is 25.4. The van der Waals surface area contributed by atoms with Gasteiger partial charge >= 0.3 is 180 Å². The van der Waals surface area contributed by atoms with Gasteiger partial charge in [-0.3, -0.25) is 0 Å². The zero-order valence-electron chi connectivity index (χ0n) is 19.9. The molecule has 0 amide bonds. The van der Waals surface area contributed by atoms with E-state index in [1.54, 1.807) is 16.7 Å². The van der Waals surface area contributed by atoms with Gasteiger partial charge in [0.1, 0.15) is 0 Å². The summed E-state index contributed by atoms with van der Waals surface area (Å²) in [5.74, 6) is 0.594. The van der Waals surface area contributed by atoms with Crippen LogP contribution in [0.25, 0.3) is 5.57 Å². The van der Waals surface area contributed by atoms with E-state index >= 15 is 0 Å². The maximum absolute atomic E-state index is 3.30. The molecule has 2 atom stereocenters. The van der Waals surface area contributed by atoms with Crippen LogP contribution < -0.4 is 0 Å². The van der Waals surface area contributed by atoms with Crippen molar-refractivity contribution >= 4 is 37.3 Å². The van der Waals surface area contributed by atoms with Gasteiger partial charge in [-0.25, -0.2) is 0 Å². The SMILES string of the molecule is CC1=C(C)C(C)[C]([Zr]([CH3])([CH3])(=[SiH2])[CH]2C=C(c3cccc(C)c3)c3ccccc32)=C1C.Cl.Cl. The van der Waals surface area contributed by atoms with Gasteiger partial charge in [0.15, 0.2) is 0 Å². The van der Waals surface area contributed by atoms with Gasteiger partial charge in [0, 0.05) is 0 Å². The molecule has 0 aromatic heterocycles. The van der Waals surface area contributed by atoms with E-state index in [2.05, 4.69) is 105 Å². The average molecular weight is 551 g/mol. The molecular weight excluding hydrogens is 515 g/mol. The van der Waals surface area contributed by atoms with Gasteiger partial charge in [-0.05, 0) is 0 Å². The molecule has 0 N–H and O–H groups in total. The second-order valence-corrected chi connectivity index (χ2v) is 39.9. The van der Waals surface area contributed by atoms with Crippen molar-refractivity contribution in [1.82, 2.24) is 0 Å². The molecule has 31 heavy (non-hydrogen) atoms. The van der Waals surface area contributed by atoms with Gasteiger partial charge in [0.2, 0.25) is 0 Å². The first kappa shape index (κ1) is 26.6. The molecule has 2 unspecified atom stereocenters. The van der Waals surface area contributed by atoms with Crippen LogP contribution in [0.1, 0.15) is 53.6 Å². The normalized spacial score (nSPS) is 20.8. The van der Waals surface area contributed by atoms with Crippen molar-refractivity contribution in [3.8, 4) is 0 Å². The third-order valence-corrected chi connectivity index (χ3v) is 25.0. The largest absolute Gasteiger partial charge is 0.147 e. The molecule has 0 saturated carbocycles. The number of allylic oxidation sites excluding steroid dienone is 5. The van der Waals surface area contributed by atoms with E-state index < -0.39 is 17.4 Å². The van der Waals surface area contributed by atoms with E-state index in [0.717, 1.165) is 0 Å². The Balaban J connectivity index is 0.00000171. The zero-order chi connectivity index (χ0) is 21.2. The first-order valence-electron chi connectivity index (χ1n) is 10.9. The van der Waals surface area contributed by atoms with Crippen molar-refractivity contribution in [3.05, 3.63) is 96.9 Å². The Bertz CT molecular complexity index is 1190. The van der Waals surface area contributed by atoms with E-state index in [4.69, 9.17) is 0 Å². The minimum Gasteiger partial charge on any atom is -0.147 e. The maximum atomic E-state index is 2.69. The van der Waals surface area contributed by atoms with Crippen LogP contribution in [0.2, 0.25) is 9.26 Å². The van der Waals surface area contributed by atoms with Gasteiger partial charge < -0.3 is 0 Å². The van der Waals surface area contributed by atoms with Gasteiger partial charge in [-0.15, -0.1) is 24.8 Å². The van der Waals surface area contributed by atoms with Crippen LogP contribution in [0, 0.1) is 12.8 Å². The van der Waals surface area contributed by atoms with E-state index in [1.807, 2.05) is 3.28 Å². The molecule has 0 nitrogen and oxygen atoms in total. The molecule has 2 aliphatic carbocycles. The Labute approximate surface area is 203 Å². The van der Waals surface area contributed by atoms with Crippen molar-refractivity contribution in [1.29, 1.82) is 0 Å². The molecule has 2 aliphatic rings. The Morgan fingerprint density at radius 3 is 2.06 bits per heavy atom. The molecule has 2 aromatic rings. The summed E-state index contributed by atoms with van der Waals surface area (Å²) in [6.45, 7) is 14.1. The van der Waals surface area contributed by atoms with Crippen molar-refractivity contribution < 1.29 is 17.4 Å². The summed E-state index contributed by atoms with van der Waals surface area (Å²) in [6, 6.07) is 18.2. The Kier molecular flexibility index (Phi) is 7.67. The molecule has 0 bridgehead atoms. The predicted octanol–water partition coefficient (Wildman–Crippen LogP) is 7.92. The number of benzene rings is 2. The van der Waals surface area contributed by atoms with Gasteiger partial charge in [-0.2, -0.15) is 0 Å². The van der Waals surface area contributed by atoms with Crippen molar-refractivity contribution in [3.63, 3.8) is 0 Å². The molecule has 0 radical (unpaired) electrons. The van der Waals surface area contributed by atoms with Crippen molar-refractivity contribution in [2.24, 2.45) is 5.92 Å². The van der Waals surface area contributed by atoms with Crippen LogP contribution in [-0.2, 0) is 17.4 Å². The summed E-state index contributed by atoms with van der Waals surface area (Å²) in [5.41, 5.74) is 11.9. The number of hydrogen-bond acceptors (Lipinski definition) is 0. The van der Waals surface area contributed by atoms with Crippen molar-refractivity contribution in [2.45, 2.75) is 47.5 Å². The quantitative estimate of drug-likeness (QED) is 0.341. The van der Waals surface area contributed by atoms with E-state index in [-0.39, 0.29) is 24.8 Å². The second kappa shape index (κ2) is 8.94. The number of hydrogen-bond donors (Lipinski definition) is 0. The van der Waals surface area contributed by atoms with Crippen LogP contribution in [0.3, 0.4) is 0 Å². The molecular formula is C27H36Cl2SiZr. The summed E-state index contributed by atoms with van der Waals surface area (Å²) in [5, 5.41) is 0. The first-order valence-corrected chi connectivity index (χ1v) is 24.3. The molecule has 4 rings (SSSR count). The van der Waals surface area contributed by atoms with Gasteiger partial charge in [0.05, 0.1) is 0 Å². The molecule has 0 spiro atoms. The van der Waals surface area contributed by atoms with Crippen molar-refractivity contribution in [2.75, 3.05) is 0 Å². The maximum Gasteiger partial charge on any atom is -0.147 e. The average Bonchev–Trinajstić information content (AvgIpc) is 3.15. The molecule has 2 aromatic carbocycles. The first-order chi connectivity index (χ1) is 13.5. The number of fused-ring (bicyclic) bond motifs is 1. The van der Waals surface area contributed by atoms with E-state index in [1.165, 1.54) is 27.8 Å². The monoisotopic (exact) mass is 548 g/mol. The summed E-state index contributed by atoms with van der Waals surface area (Å²) in [6.07, 6.45) is 2.65. The fourth-order valence-electron chi connectivity index (χ4n) is 6.05. The third-order valence-electron chi connectivity index (χ3n) is 7.77. The van der Waals surface area contributed by atoms with E-state index in [0.29, 0.717) is 9.54 Å². The predicted molar refractivity (Wildman–Crippen MR) is 142 cm³/mol. The van der Waals surface area contributed by atoms with Crippen LogP contribution >= 0.6 is 24.8 Å². The number of rotatable bonds is 3.